The van der Waals surface area contributed by atoms with Gasteiger partial charge in [0.1, 0.15) is 0 Å². The van der Waals surface area contributed by atoms with Crippen molar-refractivity contribution < 1.29 is 9.90 Å². The maximum atomic E-state index is 10.8. The first-order valence-corrected chi connectivity index (χ1v) is 6.34. The molecule has 17 heavy (non-hydrogen) atoms. The van der Waals surface area contributed by atoms with Gasteiger partial charge in [-0.3, -0.25) is 4.68 Å². The van der Waals surface area contributed by atoms with Gasteiger partial charge in [0.15, 0.2) is 0 Å². The van der Waals surface area contributed by atoms with Crippen molar-refractivity contribution in [2.24, 2.45) is 0 Å². The molecule has 0 fully saturated rings. The highest BCUT2D eigenvalue weighted by molar-refractivity contribution is 9.10. The number of rotatable bonds is 3. The van der Waals surface area contributed by atoms with Crippen molar-refractivity contribution in [1.29, 1.82) is 0 Å². The van der Waals surface area contributed by atoms with E-state index in [1.165, 1.54) is 0 Å². The average Bonchev–Trinajstić information content (AvgIpc) is 2.67. The van der Waals surface area contributed by atoms with Gasteiger partial charge in [-0.15, -0.1) is 0 Å². The van der Waals surface area contributed by atoms with E-state index >= 15 is 0 Å². The van der Waals surface area contributed by atoms with Crippen LogP contribution in [-0.4, -0.2) is 20.9 Å². The molecule has 4 nitrogen and oxygen atoms in total. The van der Waals surface area contributed by atoms with E-state index in [9.17, 15) is 4.79 Å². The van der Waals surface area contributed by atoms with E-state index in [0.717, 1.165) is 14.5 Å². The molecule has 0 radical (unpaired) electrons. The average molecular weight is 360 g/mol. The number of carboxylic acids is 1. The molecule has 1 aromatic heterocycles. The summed E-state index contributed by atoms with van der Waals surface area (Å²) < 4.78 is 3.45. The fraction of sp³-hybridized carbons (Fsp3) is 0.0909. The second-order valence-corrected chi connectivity index (χ2v) is 5.24. The van der Waals surface area contributed by atoms with Crippen LogP contribution in [0.3, 0.4) is 0 Å². The minimum absolute atomic E-state index is 0.266. The number of carbonyl (C=O) groups is 1. The largest absolute Gasteiger partial charge is 0.478 e. The highest BCUT2D eigenvalue weighted by atomic mass is 79.9. The van der Waals surface area contributed by atoms with Crippen LogP contribution in [-0.2, 0) is 6.54 Å². The van der Waals surface area contributed by atoms with Crippen LogP contribution in [0.5, 0.6) is 0 Å². The lowest BCUT2D eigenvalue weighted by atomic mass is 10.1. The Morgan fingerprint density at radius 2 is 2.18 bits per heavy atom. The standard InChI is InChI=1S/C11H8Br2N2O2/c12-9-4-14-15(6-9)5-8-2-1-7(11(16)17)3-10(8)13/h1-4,6H,5H2,(H,16,17). The summed E-state index contributed by atoms with van der Waals surface area (Å²) in [6.07, 6.45) is 3.57. The van der Waals surface area contributed by atoms with Gasteiger partial charge in [-0.05, 0) is 33.6 Å². The molecule has 1 N–H and O–H groups in total. The van der Waals surface area contributed by atoms with Crippen LogP contribution < -0.4 is 0 Å². The monoisotopic (exact) mass is 358 g/mol. The van der Waals surface area contributed by atoms with E-state index < -0.39 is 5.97 Å². The van der Waals surface area contributed by atoms with Crippen LogP contribution in [0.4, 0.5) is 0 Å². The maximum Gasteiger partial charge on any atom is 0.335 e. The zero-order chi connectivity index (χ0) is 12.4. The van der Waals surface area contributed by atoms with Gasteiger partial charge in [-0.2, -0.15) is 5.10 Å². The number of hydrogen-bond acceptors (Lipinski definition) is 2. The number of carboxylic acid groups (broad SMARTS) is 1. The van der Waals surface area contributed by atoms with Gasteiger partial charge in [0.05, 0.1) is 22.8 Å². The maximum absolute atomic E-state index is 10.8. The predicted molar refractivity (Wildman–Crippen MR) is 70.1 cm³/mol. The molecule has 0 saturated carbocycles. The molecule has 0 bridgehead atoms. The molecule has 88 valence electrons. The zero-order valence-electron chi connectivity index (χ0n) is 8.60. The van der Waals surface area contributed by atoms with E-state index in [-0.39, 0.29) is 5.56 Å². The van der Waals surface area contributed by atoms with E-state index in [1.807, 2.05) is 6.20 Å². The van der Waals surface area contributed by atoms with Crippen molar-refractivity contribution in [1.82, 2.24) is 9.78 Å². The van der Waals surface area contributed by atoms with Gasteiger partial charge in [0.2, 0.25) is 0 Å². The van der Waals surface area contributed by atoms with Crippen molar-refractivity contribution in [3.63, 3.8) is 0 Å². The van der Waals surface area contributed by atoms with Gasteiger partial charge in [0, 0.05) is 10.7 Å². The van der Waals surface area contributed by atoms with Gasteiger partial charge in [-0.1, -0.05) is 22.0 Å². The molecule has 2 rings (SSSR count). The first kappa shape index (κ1) is 12.3. The quantitative estimate of drug-likeness (QED) is 0.915. The van der Waals surface area contributed by atoms with Gasteiger partial charge in [0.25, 0.3) is 0 Å². The third kappa shape index (κ3) is 2.95. The molecule has 0 aliphatic rings. The first-order valence-electron chi connectivity index (χ1n) is 4.76. The fourth-order valence-corrected chi connectivity index (χ4v) is 2.24. The van der Waals surface area contributed by atoms with Crippen LogP contribution in [0.25, 0.3) is 0 Å². The number of aromatic nitrogens is 2. The summed E-state index contributed by atoms with van der Waals surface area (Å²) in [5, 5.41) is 13.0. The molecule has 0 aliphatic carbocycles. The fourth-order valence-electron chi connectivity index (χ4n) is 1.41. The van der Waals surface area contributed by atoms with Crippen molar-refractivity contribution >= 4 is 37.8 Å². The Morgan fingerprint density at radius 1 is 1.41 bits per heavy atom. The number of benzene rings is 1. The number of aromatic carboxylic acids is 1. The Labute approximate surface area is 115 Å². The molecule has 0 saturated heterocycles. The van der Waals surface area contributed by atoms with E-state index in [4.69, 9.17) is 5.11 Å². The molecular formula is C11H8Br2N2O2. The van der Waals surface area contributed by atoms with Gasteiger partial charge >= 0.3 is 5.97 Å². The van der Waals surface area contributed by atoms with Crippen LogP contribution in [0.2, 0.25) is 0 Å². The van der Waals surface area contributed by atoms with Crippen LogP contribution in [0.1, 0.15) is 15.9 Å². The van der Waals surface area contributed by atoms with Gasteiger partial charge in [-0.25, -0.2) is 4.79 Å². The summed E-state index contributed by atoms with van der Waals surface area (Å²) >= 11 is 6.69. The molecule has 0 spiro atoms. The summed E-state index contributed by atoms with van der Waals surface area (Å²) in [4.78, 5) is 10.8. The Bertz CT molecular complexity index is 566. The molecular weight excluding hydrogens is 352 g/mol. The molecule has 2 aromatic rings. The molecule has 1 aromatic carbocycles. The van der Waals surface area contributed by atoms with Crippen LogP contribution in [0, 0.1) is 0 Å². The number of hydrogen-bond donors (Lipinski definition) is 1. The molecule has 0 amide bonds. The third-order valence-electron chi connectivity index (χ3n) is 2.23. The Balaban J connectivity index is 2.25. The van der Waals surface area contributed by atoms with Crippen molar-refractivity contribution in [3.05, 3.63) is 50.7 Å². The minimum atomic E-state index is -0.931. The van der Waals surface area contributed by atoms with E-state index in [0.29, 0.717) is 6.54 Å². The van der Waals surface area contributed by atoms with E-state index in [1.54, 1.807) is 29.1 Å². The second-order valence-electron chi connectivity index (χ2n) is 3.47. The summed E-state index contributed by atoms with van der Waals surface area (Å²) in [5.41, 5.74) is 1.24. The number of nitrogens with zero attached hydrogens (tertiary/aromatic N) is 2. The second kappa shape index (κ2) is 5.01. The van der Waals surface area contributed by atoms with Crippen molar-refractivity contribution in [3.8, 4) is 0 Å². The highest BCUT2D eigenvalue weighted by Gasteiger charge is 2.07. The zero-order valence-corrected chi connectivity index (χ0v) is 11.8. The Hall–Kier alpha value is -1.14. The van der Waals surface area contributed by atoms with Crippen molar-refractivity contribution in [2.75, 3.05) is 0 Å². The summed E-state index contributed by atoms with van der Waals surface area (Å²) in [6, 6.07) is 4.96. The number of halogens is 2. The molecule has 0 aliphatic heterocycles. The Kier molecular flexibility index (Phi) is 3.63. The lowest BCUT2D eigenvalue weighted by molar-refractivity contribution is 0.0697. The molecule has 6 heteroatoms. The van der Waals surface area contributed by atoms with Gasteiger partial charge < -0.3 is 5.11 Å². The highest BCUT2D eigenvalue weighted by Crippen LogP contribution is 2.20. The predicted octanol–water partition coefficient (Wildman–Crippen LogP) is 3.15. The molecule has 0 unspecified atom stereocenters. The lowest BCUT2D eigenvalue weighted by Gasteiger charge is -2.05. The summed E-state index contributed by atoms with van der Waals surface area (Å²) in [6.45, 7) is 0.589. The normalized spacial score (nSPS) is 10.5. The Morgan fingerprint density at radius 3 is 2.71 bits per heavy atom. The van der Waals surface area contributed by atoms with Crippen molar-refractivity contribution in [2.45, 2.75) is 6.54 Å². The topological polar surface area (TPSA) is 55.1 Å². The third-order valence-corrected chi connectivity index (χ3v) is 3.38. The first-order chi connectivity index (χ1) is 8.06. The SMILES string of the molecule is O=C(O)c1ccc(Cn2cc(Br)cn2)c(Br)c1. The van der Waals surface area contributed by atoms with E-state index in [2.05, 4.69) is 37.0 Å². The van der Waals surface area contributed by atoms with Crippen LogP contribution in [0.15, 0.2) is 39.5 Å². The minimum Gasteiger partial charge on any atom is -0.478 e. The molecule has 0 atom stereocenters. The smallest absolute Gasteiger partial charge is 0.335 e. The lowest BCUT2D eigenvalue weighted by Crippen LogP contribution is -2.02. The summed E-state index contributed by atoms with van der Waals surface area (Å²) in [5.74, 6) is -0.931. The molecule has 1 heterocycles. The van der Waals surface area contributed by atoms with Crippen LogP contribution >= 0.6 is 31.9 Å². The summed E-state index contributed by atoms with van der Waals surface area (Å²) in [7, 11) is 0.